The molecule has 0 spiro atoms. The monoisotopic (exact) mass is 167 g/mol. The SMILES string of the molecule is C[C@@H](N)c1cccc(CO)c1O. The molecule has 0 aliphatic heterocycles. The third-order valence-electron chi connectivity index (χ3n) is 1.81. The first-order valence-electron chi connectivity index (χ1n) is 3.84. The van der Waals surface area contributed by atoms with Crippen LogP contribution in [0.1, 0.15) is 24.1 Å². The van der Waals surface area contributed by atoms with E-state index in [2.05, 4.69) is 0 Å². The van der Waals surface area contributed by atoms with E-state index in [0.29, 0.717) is 11.1 Å². The van der Waals surface area contributed by atoms with Gasteiger partial charge >= 0.3 is 0 Å². The Kier molecular flexibility index (Phi) is 2.68. The first-order valence-corrected chi connectivity index (χ1v) is 3.84. The van der Waals surface area contributed by atoms with E-state index in [1.807, 2.05) is 0 Å². The van der Waals surface area contributed by atoms with Crippen LogP contribution >= 0.6 is 0 Å². The van der Waals surface area contributed by atoms with Crippen molar-refractivity contribution in [2.45, 2.75) is 19.6 Å². The highest BCUT2D eigenvalue weighted by molar-refractivity contribution is 5.41. The number of benzene rings is 1. The molecule has 3 heteroatoms. The van der Waals surface area contributed by atoms with Gasteiger partial charge in [-0.25, -0.2) is 0 Å². The van der Waals surface area contributed by atoms with Crippen molar-refractivity contribution >= 4 is 0 Å². The molecular weight excluding hydrogens is 154 g/mol. The molecule has 1 rings (SSSR count). The number of aliphatic hydroxyl groups excluding tert-OH is 1. The summed E-state index contributed by atoms with van der Waals surface area (Å²) in [5, 5.41) is 18.3. The summed E-state index contributed by atoms with van der Waals surface area (Å²) in [5.41, 5.74) is 6.78. The Balaban J connectivity index is 3.14. The molecule has 0 saturated heterocycles. The summed E-state index contributed by atoms with van der Waals surface area (Å²) in [6, 6.07) is 4.97. The van der Waals surface area contributed by atoms with Crippen LogP contribution in [0.4, 0.5) is 0 Å². The smallest absolute Gasteiger partial charge is 0.125 e. The Morgan fingerprint density at radius 1 is 1.50 bits per heavy atom. The molecule has 0 amide bonds. The predicted octanol–water partition coefficient (Wildman–Crippen LogP) is 0.904. The zero-order valence-corrected chi connectivity index (χ0v) is 6.99. The fourth-order valence-electron chi connectivity index (χ4n) is 1.11. The molecule has 0 bridgehead atoms. The summed E-state index contributed by atoms with van der Waals surface area (Å²) < 4.78 is 0. The van der Waals surface area contributed by atoms with Crippen LogP contribution in [-0.2, 0) is 6.61 Å². The van der Waals surface area contributed by atoms with E-state index in [9.17, 15) is 5.11 Å². The summed E-state index contributed by atoms with van der Waals surface area (Å²) in [6.45, 7) is 1.63. The number of nitrogens with two attached hydrogens (primary N) is 1. The second kappa shape index (κ2) is 3.56. The first-order chi connectivity index (χ1) is 5.66. The van der Waals surface area contributed by atoms with Crippen LogP contribution in [-0.4, -0.2) is 10.2 Å². The van der Waals surface area contributed by atoms with E-state index in [1.165, 1.54) is 0 Å². The second-order valence-corrected chi connectivity index (χ2v) is 2.80. The van der Waals surface area contributed by atoms with Crippen molar-refractivity contribution < 1.29 is 10.2 Å². The van der Waals surface area contributed by atoms with E-state index < -0.39 is 0 Å². The van der Waals surface area contributed by atoms with Gasteiger partial charge in [-0.3, -0.25) is 0 Å². The van der Waals surface area contributed by atoms with Crippen molar-refractivity contribution in [3.05, 3.63) is 29.3 Å². The average molecular weight is 167 g/mol. The number of hydrogen-bond acceptors (Lipinski definition) is 3. The molecule has 66 valence electrons. The molecule has 1 aromatic rings. The van der Waals surface area contributed by atoms with Gasteiger partial charge in [0.2, 0.25) is 0 Å². The minimum absolute atomic E-state index is 0.106. The minimum atomic E-state index is -0.212. The lowest BCUT2D eigenvalue weighted by Crippen LogP contribution is -2.05. The molecule has 1 atom stereocenters. The topological polar surface area (TPSA) is 66.5 Å². The Morgan fingerprint density at radius 3 is 2.67 bits per heavy atom. The zero-order chi connectivity index (χ0) is 9.14. The Labute approximate surface area is 71.5 Å². The number of aromatic hydroxyl groups is 1. The van der Waals surface area contributed by atoms with Crippen LogP contribution in [0.2, 0.25) is 0 Å². The van der Waals surface area contributed by atoms with Gasteiger partial charge in [0.05, 0.1) is 6.61 Å². The van der Waals surface area contributed by atoms with E-state index in [1.54, 1.807) is 25.1 Å². The third kappa shape index (κ3) is 1.57. The van der Waals surface area contributed by atoms with Gasteiger partial charge in [-0.1, -0.05) is 18.2 Å². The quantitative estimate of drug-likeness (QED) is 0.613. The van der Waals surface area contributed by atoms with Gasteiger partial charge in [0, 0.05) is 17.2 Å². The molecule has 0 radical (unpaired) electrons. The fraction of sp³-hybridized carbons (Fsp3) is 0.333. The summed E-state index contributed by atoms with van der Waals surface area (Å²) >= 11 is 0. The average Bonchev–Trinajstić information content (AvgIpc) is 2.04. The highest BCUT2D eigenvalue weighted by Gasteiger charge is 2.08. The van der Waals surface area contributed by atoms with Crippen molar-refractivity contribution in [3.8, 4) is 5.75 Å². The Hall–Kier alpha value is -1.06. The molecule has 0 aromatic heterocycles. The minimum Gasteiger partial charge on any atom is -0.507 e. The predicted molar refractivity (Wildman–Crippen MR) is 46.6 cm³/mol. The maximum atomic E-state index is 9.52. The number of phenols is 1. The summed E-state index contributed by atoms with van der Waals surface area (Å²) in [4.78, 5) is 0. The van der Waals surface area contributed by atoms with E-state index in [-0.39, 0.29) is 18.4 Å². The van der Waals surface area contributed by atoms with E-state index in [4.69, 9.17) is 10.8 Å². The van der Waals surface area contributed by atoms with Gasteiger partial charge in [-0.15, -0.1) is 0 Å². The van der Waals surface area contributed by atoms with Gasteiger partial charge in [0.15, 0.2) is 0 Å². The molecular formula is C9H13NO2. The normalized spacial score (nSPS) is 12.9. The lowest BCUT2D eigenvalue weighted by atomic mass is 10.0. The number of para-hydroxylation sites is 1. The molecule has 0 saturated carbocycles. The van der Waals surface area contributed by atoms with Crippen molar-refractivity contribution in [2.24, 2.45) is 5.73 Å². The molecule has 4 N–H and O–H groups in total. The molecule has 3 nitrogen and oxygen atoms in total. The third-order valence-corrected chi connectivity index (χ3v) is 1.81. The van der Waals surface area contributed by atoms with Crippen LogP contribution in [0.5, 0.6) is 5.75 Å². The molecule has 12 heavy (non-hydrogen) atoms. The Morgan fingerprint density at radius 2 is 2.17 bits per heavy atom. The number of hydrogen-bond donors (Lipinski definition) is 3. The highest BCUT2D eigenvalue weighted by Crippen LogP contribution is 2.26. The van der Waals surface area contributed by atoms with Crippen LogP contribution in [0.25, 0.3) is 0 Å². The molecule has 0 fully saturated rings. The molecule has 0 heterocycles. The summed E-state index contributed by atoms with van der Waals surface area (Å²) in [6.07, 6.45) is 0. The molecule has 0 aliphatic carbocycles. The van der Waals surface area contributed by atoms with E-state index in [0.717, 1.165) is 0 Å². The zero-order valence-electron chi connectivity index (χ0n) is 6.99. The van der Waals surface area contributed by atoms with Gasteiger partial charge in [-0.2, -0.15) is 0 Å². The molecule has 0 unspecified atom stereocenters. The lowest BCUT2D eigenvalue weighted by molar-refractivity contribution is 0.275. The fourth-order valence-corrected chi connectivity index (χ4v) is 1.11. The van der Waals surface area contributed by atoms with Crippen molar-refractivity contribution in [2.75, 3.05) is 0 Å². The highest BCUT2D eigenvalue weighted by atomic mass is 16.3. The molecule has 0 aliphatic rings. The van der Waals surface area contributed by atoms with Crippen molar-refractivity contribution in [1.82, 2.24) is 0 Å². The maximum absolute atomic E-state index is 9.52. The summed E-state index contributed by atoms with van der Waals surface area (Å²) in [7, 11) is 0. The van der Waals surface area contributed by atoms with E-state index >= 15 is 0 Å². The largest absolute Gasteiger partial charge is 0.507 e. The van der Waals surface area contributed by atoms with Crippen molar-refractivity contribution in [3.63, 3.8) is 0 Å². The van der Waals surface area contributed by atoms with Crippen LogP contribution in [0.3, 0.4) is 0 Å². The second-order valence-electron chi connectivity index (χ2n) is 2.80. The van der Waals surface area contributed by atoms with Crippen LogP contribution in [0.15, 0.2) is 18.2 Å². The van der Waals surface area contributed by atoms with Gasteiger partial charge < -0.3 is 15.9 Å². The van der Waals surface area contributed by atoms with Gasteiger partial charge in [-0.05, 0) is 6.92 Å². The number of aliphatic hydroxyl groups is 1. The van der Waals surface area contributed by atoms with Crippen LogP contribution in [0, 0.1) is 0 Å². The number of rotatable bonds is 2. The Bertz CT molecular complexity index is 271. The summed E-state index contributed by atoms with van der Waals surface area (Å²) in [5.74, 6) is 0.106. The van der Waals surface area contributed by atoms with Crippen LogP contribution < -0.4 is 5.73 Å². The standard InChI is InChI=1S/C9H13NO2/c1-6(10)8-4-2-3-7(5-11)9(8)12/h2-4,6,11-12H,5,10H2,1H3/t6-/m1/s1. The first kappa shape index (κ1) is 9.03. The maximum Gasteiger partial charge on any atom is 0.125 e. The van der Waals surface area contributed by atoms with Crippen molar-refractivity contribution in [1.29, 1.82) is 0 Å². The van der Waals surface area contributed by atoms with Gasteiger partial charge in [0.25, 0.3) is 0 Å². The lowest BCUT2D eigenvalue weighted by Gasteiger charge is -2.10. The van der Waals surface area contributed by atoms with Gasteiger partial charge in [0.1, 0.15) is 5.75 Å². The molecule has 1 aromatic carbocycles.